The summed E-state index contributed by atoms with van der Waals surface area (Å²) < 4.78 is 12.7. The molecule has 0 bridgehead atoms. The highest BCUT2D eigenvalue weighted by Crippen LogP contribution is 2.35. The van der Waals surface area contributed by atoms with Crippen molar-refractivity contribution in [3.63, 3.8) is 0 Å². The fourth-order valence-corrected chi connectivity index (χ4v) is 4.94. The Kier molecular flexibility index (Phi) is 5.71. The maximum absolute atomic E-state index is 13.5. The number of ketones is 1. The van der Waals surface area contributed by atoms with Crippen LogP contribution in [-0.4, -0.2) is 29.7 Å². The van der Waals surface area contributed by atoms with Gasteiger partial charge < -0.3 is 14.6 Å². The van der Waals surface area contributed by atoms with Crippen LogP contribution in [-0.2, 0) is 4.79 Å². The highest BCUT2D eigenvalue weighted by atomic mass is 32.1. The lowest BCUT2D eigenvalue weighted by atomic mass is 9.93. The van der Waals surface area contributed by atoms with Crippen LogP contribution in [0.15, 0.2) is 63.5 Å². The summed E-state index contributed by atoms with van der Waals surface area (Å²) in [6.45, 7) is 3.26. The Labute approximate surface area is 188 Å². The standard InChI is InChI=1S/C24H22N2O5S/c1-13-21(14(2)27)22(16-7-5-6-8-18(16)30-3)26-23(29)20(32-24(26)25-13)12-15-9-10-17(28)19(11-15)31-4/h5-12,22,28H,1-4H3/b20-12-. The topological polar surface area (TPSA) is 90.1 Å². The quantitative estimate of drug-likeness (QED) is 0.645. The number of rotatable bonds is 5. The third-order valence-corrected chi connectivity index (χ3v) is 6.32. The summed E-state index contributed by atoms with van der Waals surface area (Å²) in [5.41, 5.74) is 2.19. The molecule has 32 heavy (non-hydrogen) atoms. The van der Waals surface area contributed by atoms with Gasteiger partial charge in [-0.3, -0.25) is 14.2 Å². The number of hydrogen-bond donors (Lipinski definition) is 1. The zero-order chi connectivity index (χ0) is 23.0. The Morgan fingerprint density at radius 3 is 2.56 bits per heavy atom. The molecular weight excluding hydrogens is 428 g/mol. The number of fused-ring (bicyclic) bond motifs is 1. The molecule has 0 amide bonds. The van der Waals surface area contributed by atoms with Gasteiger partial charge in [-0.1, -0.05) is 35.6 Å². The summed E-state index contributed by atoms with van der Waals surface area (Å²) in [4.78, 5) is 31.2. The van der Waals surface area contributed by atoms with Crippen molar-refractivity contribution in [2.45, 2.75) is 19.9 Å². The van der Waals surface area contributed by atoms with E-state index in [4.69, 9.17) is 9.47 Å². The third-order valence-electron chi connectivity index (χ3n) is 5.34. The molecule has 4 rings (SSSR count). The van der Waals surface area contributed by atoms with Gasteiger partial charge in [-0.25, -0.2) is 4.99 Å². The number of phenols is 1. The zero-order valence-electron chi connectivity index (χ0n) is 18.1. The minimum absolute atomic E-state index is 0.0176. The van der Waals surface area contributed by atoms with E-state index in [-0.39, 0.29) is 17.1 Å². The van der Waals surface area contributed by atoms with Crippen LogP contribution in [0.4, 0.5) is 0 Å². The van der Waals surface area contributed by atoms with Crippen molar-refractivity contribution >= 4 is 23.2 Å². The first-order chi connectivity index (χ1) is 15.3. The molecule has 1 atom stereocenters. The third kappa shape index (κ3) is 3.62. The maximum Gasteiger partial charge on any atom is 0.271 e. The molecule has 2 heterocycles. The predicted octanol–water partition coefficient (Wildman–Crippen LogP) is 2.55. The lowest BCUT2D eigenvalue weighted by molar-refractivity contribution is -0.114. The Bertz CT molecular complexity index is 1430. The summed E-state index contributed by atoms with van der Waals surface area (Å²) >= 11 is 1.24. The van der Waals surface area contributed by atoms with Crippen molar-refractivity contribution in [1.82, 2.24) is 4.57 Å². The summed E-state index contributed by atoms with van der Waals surface area (Å²) in [6.07, 6.45) is 1.72. The number of allylic oxidation sites excluding steroid dienone is 2. The van der Waals surface area contributed by atoms with Crippen molar-refractivity contribution in [1.29, 1.82) is 0 Å². The fourth-order valence-electron chi connectivity index (χ4n) is 3.89. The lowest BCUT2D eigenvalue weighted by Gasteiger charge is -2.25. The Hall–Kier alpha value is -3.65. The molecule has 1 aromatic heterocycles. The normalized spacial score (nSPS) is 15.9. The molecule has 0 saturated carbocycles. The number of Topliss-reactive ketones (excluding diaryl/α,β-unsaturated/α-hetero) is 1. The van der Waals surface area contributed by atoms with E-state index in [9.17, 15) is 14.7 Å². The highest BCUT2D eigenvalue weighted by molar-refractivity contribution is 7.07. The van der Waals surface area contributed by atoms with Gasteiger partial charge in [0.1, 0.15) is 5.75 Å². The van der Waals surface area contributed by atoms with Gasteiger partial charge in [-0.05, 0) is 43.7 Å². The van der Waals surface area contributed by atoms with E-state index in [1.807, 2.05) is 18.2 Å². The van der Waals surface area contributed by atoms with Crippen LogP contribution in [0.5, 0.6) is 17.2 Å². The van der Waals surface area contributed by atoms with E-state index in [0.717, 1.165) is 0 Å². The van der Waals surface area contributed by atoms with E-state index in [1.54, 1.807) is 42.9 Å². The fraction of sp³-hybridized carbons (Fsp3) is 0.208. The first kappa shape index (κ1) is 21.6. The summed E-state index contributed by atoms with van der Waals surface area (Å²) in [5, 5.41) is 9.84. The molecule has 0 fully saturated rings. The van der Waals surface area contributed by atoms with E-state index in [2.05, 4.69) is 4.99 Å². The minimum Gasteiger partial charge on any atom is -0.504 e. The molecule has 8 heteroatoms. The van der Waals surface area contributed by atoms with Gasteiger partial charge in [0.15, 0.2) is 22.1 Å². The van der Waals surface area contributed by atoms with Crippen molar-refractivity contribution in [2.24, 2.45) is 4.99 Å². The summed E-state index contributed by atoms with van der Waals surface area (Å²) in [7, 11) is 3.02. The van der Waals surface area contributed by atoms with Gasteiger partial charge in [-0.15, -0.1) is 0 Å². The van der Waals surface area contributed by atoms with Gasteiger partial charge in [0.05, 0.1) is 24.8 Å². The predicted molar refractivity (Wildman–Crippen MR) is 122 cm³/mol. The number of ether oxygens (including phenoxy) is 2. The molecule has 7 nitrogen and oxygen atoms in total. The average molecular weight is 451 g/mol. The summed E-state index contributed by atoms with van der Waals surface area (Å²) in [6, 6.07) is 11.6. The molecule has 164 valence electrons. The van der Waals surface area contributed by atoms with Crippen LogP contribution in [0.25, 0.3) is 6.08 Å². The van der Waals surface area contributed by atoms with Gasteiger partial charge in [0.25, 0.3) is 5.56 Å². The van der Waals surface area contributed by atoms with E-state index < -0.39 is 6.04 Å². The number of methoxy groups -OCH3 is 2. The van der Waals surface area contributed by atoms with Crippen LogP contribution < -0.4 is 24.4 Å². The van der Waals surface area contributed by atoms with Crippen LogP contribution in [0, 0.1) is 0 Å². The zero-order valence-corrected chi connectivity index (χ0v) is 18.9. The molecule has 0 aliphatic carbocycles. The first-order valence-electron chi connectivity index (χ1n) is 9.89. The van der Waals surface area contributed by atoms with Gasteiger partial charge >= 0.3 is 0 Å². The maximum atomic E-state index is 13.5. The Balaban J connectivity index is 1.99. The van der Waals surface area contributed by atoms with Crippen LogP contribution in [0.2, 0.25) is 0 Å². The minimum atomic E-state index is -0.642. The van der Waals surface area contributed by atoms with Gasteiger partial charge in [0.2, 0.25) is 0 Å². The molecule has 0 spiro atoms. The molecule has 1 aliphatic heterocycles. The molecule has 2 aromatic carbocycles. The number of carbonyl (C=O) groups excluding carboxylic acids is 1. The number of para-hydroxylation sites is 1. The molecule has 1 N–H and O–H groups in total. The number of carbonyl (C=O) groups is 1. The van der Waals surface area contributed by atoms with E-state index >= 15 is 0 Å². The monoisotopic (exact) mass is 450 g/mol. The highest BCUT2D eigenvalue weighted by Gasteiger charge is 2.32. The molecule has 3 aromatic rings. The van der Waals surface area contributed by atoms with E-state index in [0.29, 0.717) is 43.2 Å². The van der Waals surface area contributed by atoms with Crippen molar-refractivity contribution in [3.8, 4) is 17.2 Å². The van der Waals surface area contributed by atoms with Gasteiger partial charge in [-0.2, -0.15) is 0 Å². The van der Waals surface area contributed by atoms with Crippen molar-refractivity contribution in [2.75, 3.05) is 14.2 Å². The Morgan fingerprint density at radius 2 is 1.88 bits per heavy atom. The number of phenolic OH excluding ortho intramolecular Hbond substituents is 1. The largest absolute Gasteiger partial charge is 0.504 e. The first-order valence-corrected chi connectivity index (χ1v) is 10.7. The Morgan fingerprint density at radius 1 is 1.16 bits per heavy atom. The number of aromatic nitrogens is 1. The van der Waals surface area contributed by atoms with E-state index in [1.165, 1.54) is 31.4 Å². The van der Waals surface area contributed by atoms with Crippen molar-refractivity contribution < 1.29 is 19.4 Å². The van der Waals surface area contributed by atoms with Gasteiger partial charge in [0, 0.05) is 16.8 Å². The number of benzene rings is 2. The second-order valence-electron chi connectivity index (χ2n) is 7.31. The smallest absolute Gasteiger partial charge is 0.271 e. The van der Waals surface area contributed by atoms with Crippen LogP contribution in [0.3, 0.4) is 0 Å². The molecule has 1 unspecified atom stereocenters. The molecular formula is C24H22N2O5S. The number of aromatic hydroxyl groups is 1. The van der Waals surface area contributed by atoms with Crippen LogP contribution in [0.1, 0.15) is 31.0 Å². The second kappa shape index (κ2) is 8.47. The second-order valence-corrected chi connectivity index (χ2v) is 8.32. The number of hydrogen-bond acceptors (Lipinski definition) is 7. The summed E-state index contributed by atoms with van der Waals surface area (Å²) in [5.74, 6) is 0.764. The molecule has 0 radical (unpaired) electrons. The molecule has 0 saturated heterocycles. The van der Waals surface area contributed by atoms with Crippen LogP contribution >= 0.6 is 11.3 Å². The SMILES string of the molecule is COc1cc(/C=c2\sc3n(c2=O)C(c2ccccc2OC)C(C(C)=O)=C(C)N=3)ccc1O. The number of thiazole rings is 1. The average Bonchev–Trinajstić information content (AvgIpc) is 3.08. The van der Waals surface area contributed by atoms with Crippen molar-refractivity contribution in [3.05, 3.63) is 84.5 Å². The molecule has 1 aliphatic rings. The number of nitrogens with zero attached hydrogens (tertiary/aromatic N) is 2. The lowest BCUT2D eigenvalue weighted by Crippen LogP contribution is -2.39.